The van der Waals surface area contributed by atoms with Crippen LogP contribution in [0.4, 0.5) is 0 Å². The number of nitrogens with one attached hydrogen (secondary N) is 1. The van der Waals surface area contributed by atoms with Gasteiger partial charge in [0.1, 0.15) is 5.75 Å². The number of aryl methyl sites for hydroxylation is 1. The molecule has 0 bridgehead atoms. The molecule has 136 valence electrons. The van der Waals surface area contributed by atoms with Gasteiger partial charge in [-0.15, -0.1) is 12.4 Å². The third-order valence-corrected chi connectivity index (χ3v) is 4.04. The van der Waals surface area contributed by atoms with Crippen LogP contribution in [0.15, 0.2) is 28.8 Å². The van der Waals surface area contributed by atoms with Crippen LogP contribution in [-0.2, 0) is 13.0 Å². The van der Waals surface area contributed by atoms with E-state index in [-0.39, 0.29) is 31.0 Å². The Morgan fingerprint density at radius 1 is 1.40 bits per heavy atom. The van der Waals surface area contributed by atoms with Gasteiger partial charge in [-0.1, -0.05) is 12.1 Å². The van der Waals surface area contributed by atoms with Gasteiger partial charge in [-0.3, -0.25) is 4.79 Å². The van der Waals surface area contributed by atoms with Gasteiger partial charge in [-0.05, 0) is 31.2 Å². The Labute approximate surface area is 153 Å². The van der Waals surface area contributed by atoms with Crippen LogP contribution in [0.25, 0.3) is 0 Å². The summed E-state index contributed by atoms with van der Waals surface area (Å²) in [7, 11) is 0. The summed E-state index contributed by atoms with van der Waals surface area (Å²) in [4.78, 5) is 18.7. The molecular formula is C17H23ClN4O3. The highest BCUT2D eigenvalue weighted by molar-refractivity contribution is 5.94. The SMILES string of the molecule is CCc1nc(COc2ccc(C(=O)N3CCNC[C@H]3C)cc2)no1.Cl. The fourth-order valence-electron chi connectivity index (χ4n) is 2.64. The largest absolute Gasteiger partial charge is 0.485 e. The monoisotopic (exact) mass is 366 g/mol. The second-order valence-electron chi connectivity index (χ2n) is 5.82. The van der Waals surface area contributed by atoms with E-state index in [2.05, 4.69) is 22.4 Å². The molecule has 1 aliphatic heterocycles. The van der Waals surface area contributed by atoms with E-state index in [0.29, 0.717) is 29.4 Å². The number of ether oxygens (including phenoxy) is 1. The maximum absolute atomic E-state index is 12.6. The van der Waals surface area contributed by atoms with Gasteiger partial charge in [-0.25, -0.2) is 0 Å². The van der Waals surface area contributed by atoms with Gasteiger partial charge in [0.05, 0.1) is 0 Å². The summed E-state index contributed by atoms with van der Waals surface area (Å²) in [5.41, 5.74) is 0.670. The average Bonchev–Trinajstić information content (AvgIpc) is 3.08. The Morgan fingerprint density at radius 2 is 2.16 bits per heavy atom. The Balaban J connectivity index is 0.00000225. The number of benzene rings is 1. The molecule has 1 aliphatic rings. The summed E-state index contributed by atoms with van der Waals surface area (Å²) < 4.78 is 10.7. The number of piperazine rings is 1. The van der Waals surface area contributed by atoms with Crippen LogP contribution in [0.1, 0.15) is 35.9 Å². The molecule has 1 amide bonds. The molecule has 8 heteroatoms. The topological polar surface area (TPSA) is 80.5 Å². The molecule has 0 unspecified atom stereocenters. The van der Waals surface area contributed by atoms with Gasteiger partial charge in [0.2, 0.25) is 11.7 Å². The molecule has 1 atom stereocenters. The van der Waals surface area contributed by atoms with E-state index in [1.807, 2.05) is 11.8 Å². The number of nitrogens with zero attached hydrogens (tertiary/aromatic N) is 3. The lowest BCUT2D eigenvalue weighted by atomic mass is 10.1. The van der Waals surface area contributed by atoms with E-state index in [4.69, 9.17) is 9.26 Å². The lowest BCUT2D eigenvalue weighted by Gasteiger charge is -2.34. The fraction of sp³-hybridized carbons (Fsp3) is 0.471. The van der Waals surface area contributed by atoms with Gasteiger partial charge in [0, 0.05) is 37.7 Å². The predicted molar refractivity (Wildman–Crippen MR) is 95.1 cm³/mol. The maximum atomic E-state index is 12.6. The van der Waals surface area contributed by atoms with Gasteiger partial charge in [0.25, 0.3) is 5.91 Å². The summed E-state index contributed by atoms with van der Waals surface area (Å²) in [5, 5.41) is 7.12. The van der Waals surface area contributed by atoms with Crippen LogP contribution >= 0.6 is 12.4 Å². The molecule has 1 saturated heterocycles. The van der Waals surface area contributed by atoms with E-state index >= 15 is 0 Å². The third kappa shape index (κ3) is 4.70. The lowest BCUT2D eigenvalue weighted by molar-refractivity contribution is 0.0655. The average molecular weight is 367 g/mol. The van der Waals surface area contributed by atoms with Crippen molar-refractivity contribution in [1.82, 2.24) is 20.4 Å². The molecule has 1 fully saturated rings. The van der Waals surface area contributed by atoms with Gasteiger partial charge < -0.3 is 19.5 Å². The van der Waals surface area contributed by atoms with E-state index in [1.54, 1.807) is 24.3 Å². The quantitative estimate of drug-likeness (QED) is 0.872. The normalized spacial score (nSPS) is 17.0. The highest BCUT2D eigenvalue weighted by atomic mass is 35.5. The maximum Gasteiger partial charge on any atom is 0.254 e. The van der Waals surface area contributed by atoms with Gasteiger partial charge in [0.15, 0.2) is 6.61 Å². The summed E-state index contributed by atoms with van der Waals surface area (Å²) in [6.45, 7) is 6.64. The van der Waals surface area contributed by atoms with Crippen molar-refractivity contribution in [3.8, 4) is 5.75 Å². The molecule has 2 aromatic rings. The van der Waals surface area contributed by atoms with Gasteiger partial charge in [-0.2, -0.15) is 4.98 Å². The third-order valence-electron chi connectivity index (χ3n) is 4.04. The zero-order chi connectivity index (χ0) is 16.9. The standard InChI is InChI=1S/C17H22N4O3.ClH/c1-3-16-19-15(20-24-16)11-23-14-6-4-13(5-7-14)17(22)21-9-8-18-10-12(21)2;/h4-7,12,18H,3,8-11H2,1-2H3;1H/t12-;/m1./s1. The van der Waals surface area contributed by atoms with E-state index in [1.165, 1.54) is 0 Å². The first-order chi connectivity index (χ1) is 11.7. The molecule has 0 saturated carbocycles. The van der Waals surface area contributed by atoms with Crippen molar-refractivity contribution in [2.75, 3.05) is 19.6 Å². The minimum atomic E-state index is 0. The molecule has 7 nitrogen and oxygen atoms in total. The minimum absolute atomic E-state index is 0. The highest BCUT2D eigenvalue weighted by Gasteiger charge is 2.23. The molecule has 25 heavy (non-hydrogen) atoms. The zero-order valence-corrected chi connectivity index (χ0v) is 15.2. The molecular weight excluding hydrogens is 344 g/mol. The number of hydrogen-bond donors (Lipinski definition) is 1. The smallest absolute Gasteiger partial charge is 0.254 e. The summed E-state index contributed by atoms with van der Waals surface area (Å²) in [6, 6.07) is 7.37. The molecule has 0 aliphatic carbocycles. The Kier molecular flexibility index (Phi) is 6.78. The number of halogens is 1. The highest BCUT2D eigenvalue weighted by Crippen LogP contribution is 2.16. The molecule has 1 aromatic carbocycles. The molecule has 0 spiro atoms. The first-order valence-electron chi connectivity index (χ1n) is 8.23. The van der Waals surface area contributed by atoms with Crippen LogP contribution in [0.5, 0.6) is 5.75 Å². The Morgan fingerprint density at radius 3 is 2.80 bits per heavy atom. The first-order valence-corrected chi connectivity index (χ1v) is 8.23. The van der Waals surface area contributed by atoms with Crippen molar-refractivity contribution >= 4 is 18.3 Å². The Bertz CT molecular complexity index is 689. The first kappa shape index (κ1) is 19.2. The number of amides is 1. The van der Waals surface area contributed by atoms with Crippen molar-refractivity contribution in [1.29, 1.82) is 0 Å². The summed E-state index contributed by atoms with van der Waals surface area (Å²) in [6.07, 6.45) is 0.703. The van der Waals surface area contributed by atoms with Crippen molar-refractivity contribution in [2.45, 2.75) is 32.9 Å². The van der Waals surface area contributed by atoms with Crippen LogP contribution in [0, 0.1) is 0 Å². The molecule has 1 N–H and O–H groups in total. The van der Waals surface area contributed by atoms with Crippen molar-refractivity contribution in [3.63, 3.8) is 0 Å². The van der Waals surface area contributed by atoms with Crippen molar-refractivity contribution in [3.05, 3.63) is 41.5 Å². The number of aromatic nitrogens is 2. The second-order valence-corrected chi connectivity index (χ2v) is 5.82. The zero-order valence-electron chi connectivity index (χ0n) is 14.4. The van der Waals surface area contributed by atoms with Crippen LogP contribution in [-0.4, -0.2) is 46.6 Å². The van der Waals surface area contributed by atoms with Gasteiger partial charge >= 0.3 is 0 Å². The van der Waals surface area contributed by atoms with Crippen LogP contribution in [0.2, 0.25) is 0 Å². The fourth-order valence-corrected chi connectivity index (χ4v) is 2.64. The second kappa shape index (κ2) is 8.82. The molecule has 3 rings (SSSR count). The van der Waals surface area contributed by atoms with Crippen molar-refractivity contribution < 1.29 is 14.1 Å². The van der Waals surface area contributed by atoms with Crippen LogP contribution < -0.4 is 10.1 Å². The van der Waals surface area contributed by atoms with Crippen LogP contribution in [0.3, 0.4) is 0 Å². The van der Waals surface area contributed by atoms with Crippen molar-refractivity contribution in [2.24, 2.45) is 0 Å². The summed E-state index contributed by atoms with van der Waals surface area (Å²) in [5.74, 6) is 1.84. The Hall–Kier alpha value is -2.12. The molecule has 1 aromatic heterocycles. The number of carbonyl (C=O) groups excluding carboxylic acids is 1. The molecule has 0 radical (unpaired) electrons. The van der Waals surface area contributed by atoms with E-state index in [0.717, 1.165) is 19.6 Å². The molecule has 2 heterocycles. The van der Waals surface area contributed by atoms with E-state index in [9.17, 15) is 4.79 Å². The number of carbonyl (C=O) groups is 1. The number of hydrogen-bond acceptors (Lipinski definition) is 6. The number of rotatable bonds is 5. The summed E-state index contributed by atoms with van der Waals surface area (Å²) >= 11 is 0. The van der Waals surface area contributed by atoms with E-state index < -0.39 is 0 Å². The predicted octanol–water partition coefficient (Wildman–Crippen LogP) is 2.07. The lowest BCUT2D eigenvalue weighted by Crippen LogP contribution is -2.52. The minimum Gasteiger partial charge on any atom is -0.485 e.